The van der Waals surface area contributed by atoms with E-state index in [1.165, 1.54) is 38.5 Å². The number of unbranched alkanes of at least 4 members (excludes halogenated alkanes) is 8. The fourth-order valence-corrected chi connectivity index (χ4v) is 2.11. The van der Waals surface area contributed by atoms with Crippen molar-refractivity contribution < 1.29 is 39.8 Å². The molecule has 26 heavy (non-hydrogen) atoms. The van der Waals surface area contributed by atoms with Crippen LogP contribution in [-0.4, -0.2) is 70.2 Å². The van der Waals surface area contributed by atoms with Crippen LogP contribution in [0.4, 0.5) is 0 Å². The number of carbonyl (C=O) groups excluding carboxylic acids is 1. The average molecular weight is 381 g/mol. The quantitative estimate of drug-likeness (QED) is 0.148. The first kappa shape index (κ1) is 27.5. The van der Waals surface area contributed by atoms with E-state index in [9.17, 15) is 4.79 Å². The fourth-order valence-electron chi connectivity index (χ4n) is 2.11. The minimum absolute atomic E-state index is 0.00503. The topological polar surface area (TPSA) is 140 Å². The number of hydrogen-bond acceptors (Lipinski definition) is 8. The van der Waals surface area contributed by atoms with Crippen LogP contribution < -0.4 is 0 Å². The zero-order valence-corrected chi connectivity index (χ0v) is 15.9. The Bertz CT molecular complexity index is 287. The summed E-state index contributed by atoms with van der Waals surface area (Å²) in [5, 5.41) is 39.7. The minimum Gasteiger partial charge on any atom is -0.402 e. The molecule has 0 aromatic rings. The monoisotopic (exact) mass is 381 g/mol. The summed E-state index contributed by atoms with van der Waals surface area (Å²) < 4.78 is 0. The van der Waals surface area contributed by atoms with Gasteiger partial charge < -0.3 is 25.3 Å². The standard InChI is InChI=1S/C16H33NO5.BH3O3/c1-2-3-4-5-6-7-8-9-10-11-16(20)17(21-14-12-18)22-15-13-19;2-1(3)4/h18-19H,2-15H2,1H3;2-4H. The highest BCUT2D eigenvalue weighted by molar-refractivity contribution is 6.30. The maximum atomic E-state index is 11.9. The van der Waals surface area contributed by atoms with E-state index in [4.69, 9.17) is 35.0 Å². The van der Waals surface area contributed by atoms with Gasteiger partial charge in [0.25, 0.3) is 5.91 Å². The molecule has 0 rings (SSSR count). The molecule has 0 aromatic heterocycles. The average Bonchev–Trinajstić information content (AvgIpc) is 2.59. The van der Waals surface area contributed by atoms with E-state index in [1.807, 2.05) is 0 Å². The van der Waals surface area contributed by atoms with E-state index in [-0.39, 0.29) is 32.3 Å². The highest BCUT2D eigenvalue weighted by atomic mass is 17.0. The van der Waals surface area contributed by atoms with Gasteiger partial charge in [-0.25, -0.2) is 9.68 Å². The fraction of sp³-hybridized carbons (Fsp3) is 0.938. The first-order valence-corrected chi connectivity index (χ1v) is 9.34. The van der Waals surface area contributed by atoms with Crippen LogP contribution in [0.15, 0.2) is 0 Å². The molecule has 0 aliphatic rings. The van der Waals surface area contributed by atoms with Gasteiger partial charge in [0.1, 0.15) is 13.2 Å². The third-order valence-corrected chi connectivity index (χ3v) is 3.30. The van der Waals surface area contributed by atoms with Gasteiger partial charge in [-0.1, -0.05) is 63.5 Å². The molecule has 0 spiro atoms. The summed E-state index contributed by atoms with van der Waals surface area (Å²) in [6.07, 6.45) is 11.1. The lowest BCUT2D eigenvalue weighted by atomic mass is 10.1. The van der Waals surface area contributed by atoms with Crippen LogP contribution in [-0.2, 0) is 14.5 Å². The second-order valence-electron chi connectivity index (χ2n) is 5.69. The second kappa shape index (κ2) is 22.3. The van der Waals surface area contributed by atoms with E-state index in [0.29, 0.717) is 6.42 Å². The molecule has 0 atom stereocenters. The molecular formula is C16H36BNO8. The molecule has 0 saturated carbocycles. The zero-order chi connectivity index (χ0) is 20.0. The summed E-state index contributed by atoms with van der Waals surface area (Å²) in [5.41, 5.74) is 0. The predicted octanol–water partition coefficient (Wildman–Crippen LogP) is 0.532. The van der Waals surface area contributed by atoms with Crippen molar-refractivity contribution in [3.05, 3.63) is 0 Å². The Morgan fingerprint density at radius 1 is 0.808 bits per heavy atom. The Hall–Kier alpha value is -0.745. The number of aliphatic hydroxyl groups excluding tert-OH is 2. The molecule has 0 bridgehead atoms. The molecule has 0 aliphatic heterocycles. The van der Waals surface area contributed by atoms with Crippen molar-refractivity contribution in [1.29, 1.82) is 0 Å². The maximum Gasteiger partial charge on any atom is 0.631 e. The van der Waals surface area contributed by atoms with Crippen molar-refractivity contribution in [3.8, 4) is 0 Å². The third kappa shape index (κ3) is 23.3. The van der Waals surface area contributed by atoms with E-state index < -0.39 is 7.32 Å². The molecule has 0 fully saturated rings. The molecule has 0 aromatic carbocycles. The zero-order valence-electron chi connectivity index (χ0n) is 15.9. The summed E-state index contributed by atoms with van der Waals surface area (Å²) >= 11 is 0. The van der Waals surface area contributed by atoms with Crippen LogP contribution in [0.25, 0.3) is 0 Å². The first-order chi connectivity index (χ1) is 12.5. The Morgan fingerprint density at radius 3 is 1.58 bits per heavy atom. The lowest BCUT2D eigenvalue weighted by Gasteiger charge is -2.19. The highest BCUT2D eigenvalue weighted by Gasteiger charge is 2.14. The number of aliphatic hydroxyl groups is 2. The molecule has 0 heterocycles. The summed E-state index contributed by atoms with van der Waals surface area (Å²) in [6.45, 7) is 1.83. The normalized spacial score (nSPS) is 10.2. The molecular weight excluding hydrogens is 345 g/mol. The van der Waals surface area contributed by atoms with Crippen molar-refractivity contribution in [1.82, 2.24) is 5.23 Å². The van der Waals surface area contributed by atoms with Crippen molar-refractivity contribution >= 4 is 13.2 Å². The Labute approximate surface area is 156 Å². The van der Waals surface area contributed by atoms with Crippen LogP contribution in [0.2, 0.25) is 0 Å². The van der Waals surface area contributed by atoms with Crippen molar-refractivity contribution in [2.24, 2.45) is 0 Å². The van der Waals surface area contributed by atoms with E-state index in [1.54, 1.807) is 0 Å². The maximum absolute atomic E-state index is 11.9. The van der Waals surface area contributed by atoms with Gasteiger partial charge in [-0.05, 0) is 6.42 Å². The van der Waals surface area contributed by atoms with Crippen molar-refractivity contribution in [2.45, 2.75) is 71.1 Å². The number of rotatable bonds is 16. The van der Waals surface area contributed by atoms with E-state index in [2.05, 4.69) is 6.92 Å². The third-order valence-electron chi connectivity index (χ3n) is 3.30. The molecule has 0 saturated heterocycles. The second-order valence-corrected chi connectivity index (χ2v) is 5.69. The van der Waals surface area contributed by atoms with Gasteiger partial charge >= 0.3 is 7.32 Å². The molecule has 0 unspecified atom stereocenters. The summed E-state index contributed by atoms with van der Waals surface area (Å²) in [7, 11) is -2.17. The van der Waals surface area contributed by atoms with Crippen LogP contribution in [0, 0.1) is 0 Å². The van der Waals surface area contributed by atoms with E-state index in [0.717, 1.165) is 24.5 Å². The number of nitrogens with zero attached hydrogens (tertiary/aromatic N) is 1. The largest absolute Gasteiger partial charge is 0.631 e. The van der Waals surface area contributed by atoms with Crippen molar-refractivity contribution in [2.75, 3.05) is 26.4 Å². The first-order valence-electron chi connectivity index (χ1n) is 9.34. The summed E-state index contributed by atoms with van der Waals surface area (Å²) in [4.78, 5) is 21.9. The summed E-state index contributed by atoms with van der Waals surface area (Å²) in [6, 6.07) is 0. The van der Waals surface area contributed by atoms with Gasteiger partial charge in [-0.2, -0.15) is 0 Å². The van der Waals surface area contributed by atoms with Gasteiger partial charge in [-0.3, -0.25) is 4.79 Å². The van der Waals surface area contributed by atoms with Gasteiger partial charge in [0.05, 0.1) is 13.2 Å². The highest BCUT2D eigenvalue weighted by Crippen LogP contribution is 2.11. The van der Waals surface area contributed by atoms with Gasteiger partial charge in [-0.15, -0.1) is 0 Å². The lowest BCUT2D eigenvalue weighted by molar-refractivity contribution is -0.345. The predicted molar refractivity (Wildman–Crippen MR) is 97.2 cm³/mol. The molecule has 0 radical (unpaired) electrons. The summed E-state index contributed by atoms with van der Waals surface area (Å²) in [5.74, 6) is -0.273. The van der Waals surface area contributed by atoms with Crippen LogP contribution in [0.5, 0.6) is 0 Å². The van der Waals surface area contributed by atoms with Gasteiger partial charge in [0, 0.05) is 6.42 Å². The van der Waals surface area contributed by atoms with E-state index >= 15 is 0 Å². The Kier molecular flexibility index (Phi) is 23.6. The molecule has 156 valence electrons. The van der Waals surface area contributed by atoms with Crippen LogP contribution in [0.3, 0.4) is 0 Å². The lowest BCUT2D eigenvalue weighted by Crippen LogP contribution is -2.33. The minimum atomic E-state index is -2.17. The number of hydroxylamine groups is 2. The molecule has 9 nitrogen and oxygen atoms in total. The molecule has 0 aliphatic carbocycles. The van der Waals surface area contributed by atoms with Gasteiger partial charge in [0.2, 0.25) is 0 Å². The Morgan fingerprint density at radius 2 is 1.19 bits per heavy atom. The Balaban J connectivity index is 0. The number of carbonyl (C=O) groups is 1. The molecule has 10 heteroatoms. The van der Waals surface area contributed by atoms with Crippen LogP contribution in [0.1, 0.15) is 71.1 Å². The molecule has 5 N–H and O–H groups in total. The SMILES string of the molecule is CCCCCCCCCCCC(=O)N(OCCO)OCCO.OB(O)O. The van der Waals surface area contributed by atoms with Crippen LogP contribution >= 0.6 is 0 Å². The molecule has 1 amide bonds. The smallest absolute Gasteiger partial charge is 0.402 e. The number of hydrogen-bond donors (Lipinski definition) is 5. The van der Waals surface area contributed by atoms with Crippen molar-refractivity contribution in [3.63, 3.8) is 0 Å². The number of amides is 1. The van der Waals surface area contributed by atoms with Gasteiger partial charge in [0.15, 0.2) is 0 Å².